The van der Waals surface area contributed by atoms with Crippen molar-refractivity contribution in [2.75, 3.05) is 26.2 Å². The molecule has 0 saturated carbocycles. The second kappa shape index (κ2) is 7.42. The van der Waals surface area contributed by atoms with Crippen molar-refractivity contribution >= 4 is 11.8 Å². The van der Waals surface area contributed by atoms with Gasteiger partial charge in [-0.25, -0.2) is 4.98 Å². The Morgan fingerprint density at radius 2 is 1.52 bits per heavy atom. The Labute approximate surface area is 147 Å². The summed E-state index contributed by atoms with van der Waals surface area (Å²) in [6.07, 6.45) is 4.52. The number of aromatic nitrogens is 2. The summed E-state index contributed by atoms with van der Waals surface area (Å²) in [6, 6.07) is 7.78. The van der Waals surface area contributed by atoms with Crippen LogP contribution in [0.3, 0.4) is 0 Å². The smallest absolute Gasteiger partial charge is 0.274 e. The first kappa shape index (κ1) is 17.1. The van der Waals surface area contributed by atoms with Gasteiger partial charge in [-0.15, -0.1) is 0 Å². The number of carbonyl (C=O) groups excluding carboxylic acids is 2. The lowest BCUT2D eigenvalue weighted by Crippen LogP contribution is -2.50. The molecule has 6 heteroatoms. The van der Waals surface area contributed by atoms with Crippen molar-refractivity contribution in [3.05, 3.63) is 59.7 Å². The van der Waals surface area contributed by atoms with Gasteiger partial charge in [-0.1, -0.05) is 26.0 Å². The fourth-order valence-corrected chi connectivity index (χ4v) is 2.88. The van der Waals surface area contributed by atoms with E-state index in [0.717, 1.165) is 0 Å². The third-order valence-corrected chi connectivity index (χ3v) is 4.46. The third kappa shape index (κ3) is 3.84. The van der Waals surface area contributed by atoms with Crippen molar-refractivity contribution in [1.82, 2.24) is 19.8 Å². The Hall–Kier alpha value is -2.76. The van der Waals surface area contributed by atoms with E-state index in [4.69, 9.17) is 0 Å². The summed E-state index contributed by atoms with van der Waals surface area (Å²) in [5, 5.41) is 0. The van der Waals surface area contributed by atoms with E-state index in [1.54, 1.807) is 9.80 Å². The Bertz CT molecular complexity index is 736. The molecule has 130 valence electrons. The van der Waals surface area contributed by atoms with Crippen LogP contribution in [0.5, 0.6) is 0 Å². The first-order chi connectivity index (χ1) is 12.1. The predicted molar refractivity (Wildman–Crippen MR) is 94.4 cm³/mol. The van der Waals surface area contributed by atoms with E-state index < -0.39 is 0 Å². The molecular formula is C19H22N4O2. The van der Waals surface area contributed by atoms with Gasteiger partial charge in [0.15, 0.2) is 0 Å². The zero-order valence-corrected chi connectivity index (χ0v) is 14.6. The molecule has 2 heterocycles. The summed E-state index contributed by atoms with van der Waals surface area (Å²) >= 11 is 0. The molecule has 0 bridgehead atoms. The molecule has 3 rings (SSSR count). The van der Waals surface area contributed by atoms with Crippen molar-refractivity contribution in [2.24, 2.45) is 0 Å². The van der Waals surface area contributed by atoms with Gasteiger partial charge < -0.3 is 9.80 Å². The number of hydrogen-bond donors (Lipinski definition) is 0. The maximum absolute atomic E-state index is 12.6. The highest BCUT2D eigenvalue weighted by atomic mass is 16.2. The van der Waals surface area contributed by atoms with E-state index in [1.807, 2.05) is 24.3 Å². The molecule has 0 unspecified atom stereocenters. The first-order valence-electron chi connectivity index (χ1n) is 8.51. The van der Waals surface area contributed by atoms with Gasteiger partial charge in [0.05, 0.1) is 6.20 Å². The topological polar surface area (TPSA) is 66.4 Å². The van der Waals surface area contributed by atoms with Crippen molar-refractivity contribution in [1.29, 1.82) is 0 Å². The number of piperazine rings is 1. The van der Waals surface area contributed by atoms with E-state index in [2.05, 4.69) is 23.8 Å². The molecule has 1 aliphatic rings. The van der Waals surface area contributed by atoms with E-state index in [9.17, 15) is 9.59 Å². The molecule has 0 radical (unpaired) electrons. The number of hydrogen-bond acceptors (Lipinski definition) is 4. The maximum atomic E-state index is 12.6. The molecule has 1 aliphatic heterocycles. The molecule has 0 N–H and O–H groups in total. The summed E-state index contributed by atoms with van der Waals surface area (Å²) in [4.78, 5) is 36.5. The summed E-state index contributed by atoms with van der Waals surface area (Å²) in [6.45, 7) is 6.32. The number of carbonyl (C=O) groups is 2. The van der Waals surface area contributed by atoms with Crippen molar-refractivity contribution < 1.29 is 9.59 Å². The standard InChI is InChI=1S/C19H22N4O2/c1-14(2)15-3-5-16(6-4-15)18(24)22-9-11-23(12-10-22)19(25)17-13-20-7-8-21-17/h3-8,13-14H,9-12H2,1-2H3. The van der Waals surface area contributed by atoms with Crippen molar-refractivity contribution in [3.63, 3.8) is 0 Å². The van der Waals surface area contributed by atoms with Gasteiger partial charge in [-0.05, 0) is 23.6 Å². The quantitative estimate of drug-likeness (QED) is 0.860. The van der Waals surface area contributed by atoms with Crippen LogP contribution >= 0.6 is 0 Å². The average molecular weight is 338 g/mol. The molecule has 1 aromatic heterocycles. The summed E-state index contributed by atoms with van der Waals surface area (Å²) < 4.78 is 0. The first-order valence-corrected chi connectivity index (χ1v) is 8.51. The van der Waals surface area contributed by atoms with Gasteiger partial charge in [0.2, 0.25) is 0 Å². The molecule has 1 saturated heterocycles. The maximum Gasteiger partial charge on any atom is 0.274 e. The molecular weight excluding hydrogens is 316 g/mol. The van der Waals surface area contributed by atoms with Crippen LogP contribution in [0.15, 0.2) is 42.9 Å². The Morgan fingerprint density at radius 3 is 2.04 bits per heavy atom. The highest BCUT2D eigenvalue weighted by molar-refractivity contribution is 5.95. The normalized spacial score (nSPS) is 14.7. The zero-order chi connectivity index (χ0) is 17.8. The molecule has 1 fully saturated rings. The van der Waals surface area contributed by atoms with Crippen LogP contribution in [0, 0.1) is 0 Å². The van der Waals surface area contributed by atoms with Crippen LogP contribution in [-0.4, -0.2) is 57.8 Å². The minimum atomic E-state index is -0.138. The lowest BCUT2D eigenvalue weighted by Gasteiger charge is -2.34. The molecule has 2 aromatic rings. The highest BCUT2D eigenvalue weighted by Gasteiger charge is 2.26. The molecule has 1 aromatic carbocycles. The van der Waals surface area contributed by atoms with Crippen LogP contribution in [0.1, 0.15) is 46.2 Å². The second-order valence-corrected chi connectivity index (χ2v) is 6.45. The van der Waals surface area contributed by atoms with Crippen LogP contribution in [0.25, 0.3) is 0 Å². The van der Waals surface area contributed by atoms with Gasteiger partial charge >= 0.3 is 0 Å². The molecule has 0 spiro atoms. The number of nitrogens with zero attached hydrogens (tertiary/aromatic N) is 4. The van der Waals surface area contributed by atoms with E-state index >= 15 is 0 Å². The molecule has 0 atom stereocenters. The van der Waals surface area contributed by atoms with Gasteiger partial charge in [-0.3, -0.25) is 14.6 Å². The fraction of sp³-hybridized carbons (Fsp3) is 0.368. The molecule has 6 nitrogen and oxygen atoms in total. The van der Waals surface area contributed by atoms with Gasteiger partial charge in [0, 0.05) is 44.1 Å². The average Bonchev–Trinajstić information content (AvgIpc) is 2.67. The summed E-state index contributed by atoms with van der Waals surface area (Å²) in [7, 11) is 0. The predicted octanol–water partition coefficient (Wildman–Crippen LogP) is 2.20. The lowest BCUT2D eigenvalue weighted by molar-refractivity contribution is 0.0532. The van der Waals surface area contributed by atoms with Crippen LogP contribution < -0.4 is 0 Å². The Kier molecular flexibility index (Phi) is 5.07. The van der Waals surface area contributed by atoms with E-state index in [1.165, 1.54) is 24.2 Å². The Morgan fingerprint density at radius 1 is 0.920 bits per heavy atom. The number of benzene rings is 1. The van der Waals surface area contributed by atoms with Gasteiger partial charge in [0.1, 0.15) is 5.69 Å². The monoisotopic (exact) mass is 338 g/mol. The van der Waals surface area contributed by atoms with Gasteiger partial charge in [-0.2, -0.15) is 0 Å². The minimum Gasteiger partial charge on any atom is -0.335 e. The fourth-order valence-electron chi connectivity index (χ4n) is 2.88. The van der Waals surface area contributed by atoms with Crippen LogP contribution in [0.4, 0.5) is 0 Å². The largest absolute Gasteiger partial charge is 0.335 e. The second-order valence-electron chi connectivity index (χ2n) is 6.45. The number of amides is 2. The van der Waals surface area contributed by atoms with Crippen LogP contribution in [-0.2, 0) is 0 Å². The zero-order valence-electron chi connectivity index (χ0n) is 14.6. The summed E-state index contributed by atoms with van der Waals surface area (Å²) in [5.41, 5.74) is 2.25. The van der Waals surface area contributed by atoms with E-state index in [0.29, 0.717) is 43.4 Å². The summed E-state index contributed by atoms with van der Waals surface area (Å²) in [5.74, 6) is 0.322. The molecule has 2 amide bonds. The Balaban J connectivity index is 1.60. The van der Waals surface area contributed by atoms with Gasteiger partial charge in [0.25, 0.3) is 11.8 Å². The third-order valence-electron chi connectivity index (χ3n) is 4.46. The lowest BCUT2D eigenvalue weighted by atomic mass is 10.0. The highest BCUT2D eigenvalue weighted by Crippen LogP contribution is 2.16. The molecule has 0 aliphatic carbocycles. The minimum absolute atomic E-state index is 0.0157. The van der Waals surface area contributed by atoms with Crippen molar-refractivity contribution in [3.8, 4) is 0 Å². The van der Waals surface area contributed by atoms with E-state index in [-0.39, 0.29) is 11.8 Å². The van der Waals surface area contributed by atoms with Crippen LogP contribution in [0.2, 0.25) is 0 Å². The van der Waals surface area contributed by atoms with Crippen molar-refractivity contribution in [2.45, 2.75) is 19.8 Å². The number of rotatable bonds is 3. The SMILES string of the molecule is CC(C)c1ccc(C(=O)N2CCN(C(=O)c3cnccn3)CC2)cc1. The molecule has 25 heavy (non-hydrogen) atoms.